The van der Waals surface area contributed by atoms with Gasteiger partial charge >= 0.3 is 0 Å². The predicted octanol–water partition coefficient (Wildman–Crippen LogP) is 2.39. The highest BCUT2D eigenvalue weighted by atomic mass is 32.2. The van der Waals surface area contributed by atoms with Crippen LogP contribution in [0.25, 0.3) is 0 Å². The fourth-order valence-corrected chi connectivity index (χ4v) is 5.42. The van der Waals surface area contributed by atoms with E-state index in [-0.39, 0.29) is 5.91 Å². The van der Waals surface area contributed by atoms with Crippen molar-refractivity contribution in [2.45, 2.75) is 31.1 Å². The fraction of sp³-hybridized carbons (Fsp3) is 0.692. The Bertz CT molecular complexity index is 552. The molecule has 0 aromatic carbocycles. The van der Waals surface area contributed by atoms with Crippen LogP contribution in [0.15, 0.2) is 0 Å². The lowest BCUT2D eigenvalue weighted by atomic mass is 10.1. The number of carbonyl (C=O) groups excluding carboxylic acids is 1. The first-order valence-electron chi connectivity index (χ1n) is 6.82. The van der Waals surface area contributed by atoms with Gasteiger partial charge in [0.05, 0.1) is 13.0 Å². The number of thiazole rings is 1. The van der Waals surface area contributed by atoms with Crippen LogP contribution in [0.3, 0.4) is 0 Å². The smallest absolute Gasteiger partial charge is 0.228 e. The van der Waals surface area contributed by atoms with Crippen LogP contribution in [0.1, 0.15) is 17.0 Å². The third-order valence-electron chi connectivity index (χ3n) is 3.89. The number of aryl methyl sites for hydroxylation is 1. The Hall–Kier alpha value is -0.370. The molecule has 20 heavy (non-hydrogen) atoms. The Labute approximate surface area is 131 Å². The van der Waals surface area contributed by atoms with Gasteiger partial charge in [-0.1, -0.05) is 0 Å². The molecule has 4 nitrogen and oxygen atoms in total. The summed E-state index contributed by atoms with van der Waals surface area (Å²) in [5, 5.41) is 0.451. The Balaban J connectivity index is 1.72. The van der Waals surface area contributed by atoms with Crippen LogP contribution in [-0.2, 0) is 16.0 Å². The largest absolute Gasteiger partial charge is 0.380 e. The number of nitrogens with one attached hydrogen (secondary N) is 1. The topological polar surface area (TPSA) is 45.3 Å². The number of ether oxygens (including phenoxy) is 1. The van der Waals surface area contributed by atoms with Gasteiger partial charge in [0.15, 0.2) is 3.95 Å². The minimum atomic E-state index is 0.232. The molecule has 0 radical (unpaired) electrons. The molecule has 0 bridgehead atoms. The van der Waals surface area contributed by atoms with Crippen molar-refractivity contribution in [2.24, 2.45) is 0 Å². The summed E-state index contributed by atoms with van der Waals surface area (Å²) >= 11 is 8.60. The molecule has 0 aliphatic carbocycles. The molecular weight excluding hydrogens is 312 g/mol. The van der Waals surface area contributed by atoms with Crippen LogP contribution in [0.2, 0.25) is 0 Å². The van der Waals surface area contributed by atoms with Crippen molar-refractivity contribution in [1.82, 2.24) is 9.88 Å². The number of nitrogens with zero attached hydrogens (tertiary/aromatic N) is 1. The number of hydrogen-bond acceptors (Lipinski definition) is 5. The second kappa shape index (κ2) is 6.17. The van der Waals surface area contributed by atoms with Gasteiger partial charge in [0.25, 0.3) is 0 Å². The second-order valence-electron chi connectivity index (χ2n) is 5.17. The quantitative estimate of drug-likeness (QED) is 0.846. The van der Waals surface area contributed by atoms with E-state index in [1.165, 1.54) is 11.3 Å². The predicted molar refractivity (Wildman–Crippen MR) is 85.1 cm³/mol. The highest BCUT2D eigenvalue weighted by molar-refractivity contribution is 8.00. The highest BCUT2D eigenvalue weighted by Gasteiger charge is 2.36. The van der Waals surface area contributed by atoms with Crippen LogP contribution >= 0.6 is 35.3 Å². The van der Waals surface area contributed by atoms with E-state index in [1.807, 2.05) is 18.7 Å². The average molecular weight is 331 g/mol. The summed E-state index contributed by atoms with van der Waals surface area (Å²) in [5.41, 5.74) is 1.03. The number of H-pyrrole nitrogens is 1. The SMILES string of the molecule is Cc1[nH]c(=S)sc1CC(=O)N1CCSC2COCCC21. The maximum Gasteiger partial charge on any atom is 0.228 e. The number of thioether (sulfide) groups is 1. The number of carbonyl (C=O) groups is 1. The number of fused-ring (bicyclic) bond motifs is 1. The molecule has 2 atom stereocenters. The van der Waals surface area contributed by atoms with E-state index < -0.39 is 0 Å². The fourth-order valence-electron chi connectivity index (χ4n) is 2.84. The first-order valence-corrected chi connectivity index (χ1v) is 9.10. The molecule has 3 heterocycles. The molecule has 1 aromatic rings. The number of amides is 1. The maximum atomic E-state index is 12.6. The summed E-state index contributed by atoms with van der Waals surface area (Å²) in [4.78, 5) is 18.9. The van der Waals surface area contributed by atoms with E-state index in [2.05, 4.69) is 9.88 Å². The molecular formula is C13H18N2O2S3. The number of hydrogen-bond donors (Lipinski definition) is 1. The van der Waals surface area contributed by atoms with Gasteiger partial charge in [0.1, 0.15) is 0 Å². The van der Waals surface area contributed by atoms with Crippen LogP contribution in [0.5, 0.6) is 0 Å². The summed E-state index contributed by atoms with van der Waals surface area (Å²) in [6, 6.07) is 0.349. The van der Waals surface area contributed by atoms with E-state index in [0.29, 0.717) is 17.7 Å². The summed E-state index contributed by atoms with van der Waals surface area (Å²) < 4.78 is 6.29. The van der Waals surface area contributed by atoms with Gasteiger partial charge < -0.3 is 14.6 Å². The van der Waals surface area contributed by atoms with Gasteiger partial charge in [0.2, 0.25) is 5.91 Å². The first-order chi connectivity index (χ1) is 9.65. The number of rotatable bonds is 2. The van der Waals surface area contributed by atoms with Gasteiger partial charge in [0, 0.05) is 40.8 Å². The van der Waals surface area contributed by atoms with Crippen LogP contribution < -0.4 is 0 Å². The lowest BCUT2D eigenvalue weighted by Gasteiger charge is -2.43. The van der Waals surface area contributed by atoms with Crippen molar-refractivity contribution in [2.75, 3.05) is 25.5 Å². The molecule has 110 valence electrons. The van der Waals surface area contributed by atoms with Crippen LogP contribution in [0, 0.1) is 10.9 Å². The molecule has 1 N–H and O–H groups in total. The summed E-state index contributed by atoms with van der Waals surface area (Å²) in [6.45, 7) is 4.40. The molecule has 0 saturated carbocycles. The molecule has 0 spiro atoms. The molecule has 1 amide bonds. The zero-order chi connectivity index (χ0) is 14.1. The highest BCUT2D eigenvalue weighted by Crippen LogP contribution is 2.31. The van der Waals surface area contributed by atoms with Gasteiger partial charge in [-0.3, -0.25) is 4.79 Å². The Morgan fingerprint density at radius 3 is 3.20 bits per heavy atom. The monoisotopic (exact) mass is 330 g/mol. The van der Waals surface area contributed by atoms with Crippen molar-refractivity contribution in [3.63, 3.8) is 0 Å². The summed E-state index contributed by atoms with van der Waals surface area (Å²) in [7, 11) is 0. The van der Waals surface area contributed by atoms with Gasteiger partial charge in [-0.15, -0.1) is 11.3 Å². The summed E-state index contributed by atoms with van der Waals surface area (Å²) in [5.74, 6) is 1.24. The van der Waals surface area contributed by atoms with E-state index >= 15 is 0 Å². The molecule has 2 saturated heterocycles. The van der Waals surface area contributed by atoms with Crippen LogP contribution in [-0.4, -0.2) is 52.6 Å². The second-order valence-corrected chi connectivity index (χ2v) is 8.29. The lowest BCUT2D eigenvalue weighted by Crippen LogP contribution is -2.54. The Morgan fingerprint density at radius 2 is 2.45 bits per heavy atom. The third-order valence-corrected chi connectivity index (χ3v) is 6.52. The van der Waals surface area contributed by atoms with E-state index in [9.17, 15) is 4.79 Å². The first kappa shape index (κ1) is 14.6. The van der Waals surface area contributed by atoms with Gasteiger partial charge in [-0.05, 0) is 25.6 Å². The molecule has 7 heteroatoms. The average Bonchev–Trinajstić information content (AvgIpc) is 2.76. The standard InChI is InChI=1S/C13H18N2O2S3/c1-8-10(20-13(18)14-8)6-12(16)15-3-5-19-11-7-17-4-2-9(11)15/h9,11H,2-7H2,1H3,(H,14,18). The number of aromatic nitrogens is 1. The molecule has 1 aromatic heterocycles. The van der Waals surface area contributed by atoms with Crippen molar-refractivity contribution >= 4 is 41.2 Å². The van der Waals surface area contributed by atoms with E-state index in [0.717, 1.165) is 46.5 Å². The number of aromatic amines is 1. The zero-order valence-corrected chi connectivity index (χ0v) is 13.8. The van der Waals surface area contributed by atoms with Gasteiger partial charge in [-0.25, -0.2) is 0 Å². The molecule has 2 unspecified atom stereocenters. The van der Waals surface area contributed by atoms with Crippen molar-refractivity contribution in [3.05, 3.63) is 14.5 Å². The van der Waals surface area contributed by atoms with Crippen LogP contribution in [0.4, 0.5) is 0 Å². The van der Waals surface area contributed by atoms with Crippen molar-refractivity contribution < 1.29 is 9.53 Å². The molecule has 2 aliphatic heterocycles. The Morgan fingerprint density at radius 1 is 1.60 bits per heavy atom. The van der Waals surface area contributed by atoms with E-state index in [1.54, 1.807) is 0 Å². The maximum absolute atomic E-state index is 12.6. The minimum Gasteiger partial charge on any atom is -0.380 e. The molecule has 3 rings (SSSR count). The van der Waals surface area contributed by atoms with E-state index in [4.69, 9.17) is 17.0 Å². The van der Waals surface area contributed by atoms with Crippen molar-refractivity contribution in [3.8, 4) is 0 Å². The molecule has 2 aliphatic rings. The van der Waals surface area contributed by atoms with Gasteiger partial charge in [-0.2, -0.15) is 11.8 Å². The Kier molecular flexibility index (Phi) is 4.49. The molecule has 2 fully saturated rings. The minimum absolute atomic E-state index is 0.232. The summed E-state index contributed by atoms with van der Waals surface area (Å²) in [6.07, 6.45) is 1.43. The lowest BCUT2D eigenvalue weighted by molar-refractivity contribution is -0.134. The van der Waals surface area contributed by atoms with Crippen molar-refractivity contribution in [1.29, 1.82) is 0 Å². The normalized spacial score (nSPS) is 26.4. The zero-order valence-electron chi connectivity index (χ0n) is 11.4. The third kappa shape index (κ3) is 2.95.